The molecule has 0 bridgehead atoms. The van der Waals surface area contributed by atoms with E-state index >= 15 is 0 Å². The summed E-state index contributed by atoms with van der Waals surface area (Å²) in [5.74, 6) is 1.80. The van der Waals surface area contributed by atoms with Gasteiger partial charge in [-0.05, 0) is 37.3 Å². The number of aromatic nitrogens is 5. The SMILES string of the molecule is CC1CCc2[nH]nc(-c3nc(Cc4ccccn4)no3)c2C1. The lowest BCUT2D eigenvalue weighted by atomic mass is 9.88. The summed E-state index contributed by atoms with van der Waals surface area (Å²) in [5.41, 5.74) is 4.17. The Morgan fingerprint density at radius 1 is 1.36 bits per heavy atom. The summed E-state index contributed by atoms with van der Waals surface area (Å²) in [6, 6.07) is 5.80. The number of pyridine rings is 1. The second-order valence-electron chi connectivity index (χ2n) is 5.89. The average Bonchev–Trinajstić information content (AvgIpc) is 3.14. The topological polar surface area (TPSA) is 80.5 Å². The van der Waals surface area contributed by atoms with Crippen molar-refractivity contribution in [3.8, 4) is 11.6 Å². The predicted molar refractivity (Wildman–Crippen MR) is 80.1 cm³/mol. The van der Waals surface area contributed by atoms with Gasteiger partial charge in [0.15, 0.2) is 11.5 Å². The van der Waals surface area contributed by atoms with Gasteiger partial charge in [0.2, 0.25) is 0 Å². The van der Waals surface area contributed by atoms with Crippen molar-refractivity contribution in [3.05, 3.63) is 47.2 Å². The first kappa shape index (κ1) is 13.2. The van der Waals surface area contributed by atoms with Crippen LogP contribution in [0.3, 0.4) is 0 Å². The van der Waals surface area contributed by atoms with Crippen molar-refractivity contribution in [1.82, 2.24) is 25.3 Å². The lowest BCUT2D eigenvalue weighted by molar-refractivity contribution is 0.421. The minimum Gasteiger partial charge on any atom is -0.332 e. The molecule has 1 N–H and O–H groups in total. The summed E-state index contributed by atoms with van der Waals surface area (Å²) < 4.78 is 5.41. The first-order valence-electron chi connectivity index (χ1n) is 7.58. The van der Waals surface area contributed by atoms with Crippen molar-refractivity contribution in [2.75, 3.05) is 0 Å². The third-order valence-electron chi connectivity index (χ3n) is 4.13. The molecule has 0 saturated heterocycles. The predicted octanol–water partition coefficient (Wildman–Crippen LogP) is 2.57. The Kier molecular flexibility index (Phi) is 3.21. The van der Waals surface area contributed by atoms with Crippen molar-refractivity contribution < 1.29 is 4.52 Å². The van der Waals surface area contributed by atoms with Gasteiger partial charge in [0.25, 0.3) is 5.89 Å². The van der Waals surface area contributed by atoms with Gasteiger partial charge in [-0.3, -0.25) is 10.1 Å². The van der Waals surface area contributed by atoms with Gasteiger partial charge in [0.1, 0.15) is 0 Å². The van der Waals surface area contributed by atoms with Crippen molar-refractivity contribution in [3.63, 3.8) is 0 Å². The molecule has 0 aromatic carbocycles. The van der Waals surface area contributed by atoms with Gasteiger partial charge in [-0.25, -0.2) is 0 Å². The summed E-state index contributed by atoms with van der Waals surface area (Å²) in [6.45, 7) is 2.26. The molecule has 1 aliphatic rings. The quantitative estimate of drug-likeness (QED) is 0.803. The Morgan fingerprint density at radius 3 is 3.18 bits per heavy atom. The molecule has 3 heterocycles. The highest BCUT2D eigenvalue weighted by Gasteiger charge is 2.25. The number of aromatic amines is 1. The number of nitrogens with zero attached hydrogens (tertiary/aromatic N) is 4. The molecule has 0 saturated carbocycles. The van der Waals surface area contributed by atoms with Crippen molar-refractivity contribution in [2.45, 2.75) is 32.6 Å². The van der Waals surface area contributed by atoms with Crippen LogP contribution in [0.2, 0.25) is 0 Å². The Labute approximate surface area is 128 Å². The molecule has 0 fully saturated rings. The van der Waals surface area contributed by atoms with Gasteiger partial charge in [-0.1, -0.05) is 18.1 Å². The van der Waals surface area contributed by atoms with Crippen molar-refractivity contribution in [1.29, 1.82) is 0 Å². The van der Waals surface area contributed by atoms with E-state index in [-0.39, 0.29) is 0 Å². The number of H-pyrrole nitrogens is 1. The summed E-state index contributed by atoms with van der Waals surface area (Å²) in [7, 11) is 0. The van der Waals surface area contributed by atoms with E-state index in [1.807, 2.05) is 18.2 Å². The monoisotopic (exact) mass is 295 g/mol. The van der Waals surface area contributed by atoms with Crippen molar-refractivity contribution in [2.24, 2.45) is 5.92 Å². The van der Waals surface area contributed by atoms with Crippen LogP contribution >= 0.6 is 0 Å². The molecule has 1 aliphatic carbocycles. The van der Waals surface area contributed by atoms with Gasteiger partial charge in [-0.15, -0.1) is 0 Å². The van der Waals surface area contributed by atoms with Gasteiger partial charge in [-0.2, -0.15) is 10.1 Å². The molecule has 1 atom stereocenters. The van der Waals surface area contributed by atoms with Gasteiger partial charge < -0.3 is 4.52 Å². The number of nitrogens with one attached hydrogen (secondary N) is 1. The van der Waals surface area contributed by atoms with E-state index in [1.54, 1.807) is 6.20 Å². The van der Waals surface area contributed by atoms with E-state index in [0.717, 1.165) is 24.2 Å². The summed E-state index contributed by atoms with van der Waals surface area (Å²) in [4.78, 5) is 8.76. The van der Waals surface area contributed by atoms with E-state index in [2.05, 4.69) is 32.2 Å². The van der Waals surface area contributed by atoms with Crippen LogP contribution in [0.5, 0.6) is 0 Å². The number of aryl methyl sites for hydroxylation is 1. The molecule has 3 aromatic heterocycles. The third kappa shape index (κ3) is 2.41. The normalized spacial score (nSPS) is 17.4. The number of fused-ring (bicyclic) bond motifs is 1. The lowest BCUT2D eigenvalue weighted by Crippen LogP contribution is -2.10. The Balaban J connectivity index is 1.61. The number of hydrogen-bond donors (Lipinski definition) is 1. The highest BCUT2D eigenvalue weighted by molar-refractivity contribution is 5.55. The van der Waals surface area contributed by atoms with Crippen LogP contribution in [-0.4, -0.2) is 25.3 Å². The number of rotatable bonds is 3. The smallest absolute Gasteiger partial charge is 0.278 e. The second kappa shape index (κ2) is 5.36. The average molecular weight is 295 g/mol. The molecule has 0 radical (unpaired) electrons. The molecule has 0 amide bonds. The van der Waals surface area contributed by atoms with Crippen molar-refractivity contribution >= 4 is 0 Å². The maximum absolute atomic E-state index is 5.41. The van der Waals surface area contributed by atoms with Crippen LogP contribution < -0.4 is 0 Å². The Morgan fingerprint density at radius 2 is 2.32 bits per heavy atom. The molecule has 0 spiro atoms. The molecular formula is C16H17N5O. The molecular weight excluding hydrogens is 278 g/mol. The summed E-state index contributed by atoms with van der Waals surface area (Å²) in [5, 5.41) is 11.6. The fraction of sp³-hybridized carbons (Fsp3) is 0.375. The van der Waals surface area contributed by atoms with Gasteiger partial charge in [0, 0.05) is 23.1 Å². The first-order valence-corrected chi connectivity index (χ1v) is 7.58. The highest BCUT2D eigenvalue weighted by atomic mass is 16.5. The third-order valence-corrected chi connectivity index (χ3v) is 4.13. The lowest BCUT2D eigenvalue weighted by Gasteiger charge is -2.17. The molecule has 6 nitrogen and oxygen atoms in total. The zero-order chi connectivity index (χ0) is 14.9. The van der Waals surface area contributed by atoms with Gasteiger partial charge >= 0.3 is 0 Å². The standard InChI is InChI=1S/C16H17N5O/c1-10-5-6-13-12(8-10)15(20-19-13)16-18-14(21-22-16)9-11-4-2-3-7-17-11/h2-4,7,10H,5-6,8-9H2,1H3,(H,19,20). The largest absolute Gasteiger partial charge is 0.332 e. The van der Waals surface area contributed by atoms with Crippen LogP contribution in [0.1, 0.15) is 36.1 Å². The molecule has 22 heavy (non-hydrogen) atoms. The van der Waals surface area contributed by atoms with E-state index in [4.69, 9.17) is 4.52 Å². The summed E-state index contributed by atoms with van der Waals surface area (Å²) in [6.07, 6.45) is 5.58. The van der Waals surface area contributed by atoms with E-state index in [9.17, 15) is 0 Å². The zero-order valence-corrected chi connectivity index (χ0v) is 12.4. The minimum atomic E-state index is 0.498. The Hall–Kier alpha value is -2.50. The molecule has 3 aromatic rings. The minimum absolute atomic E-state index is 0.498. The van der Waals surface area contributed by atoms with Crippen LogP contribution in [0.25, 0.3) is 11.6 Å². The Bertz CT molecular complexity index is 777. The molecule has 0 aliphatic heterocycles. The zero-order valence-electron chi connectivity index (χ0n) is 12.4. The molecule has 1 unspecified atom stereocenters. The van der Waals surface area contributed by atoms with Gasteiger partial charge in [0.05, 0.1) is 6.42 Å². The van der Waals surface area contributed by atoms with E-state index in [0.29, 0.717) is 24.1 Å². The fourth-order valence-electron chi connectivity index (χ4n) is 2.93. The molecule has 112 valence electrons. The van der Waals surface area contributed by atoms with Crippen LogP contribution in [0.4, 0.5) is 0 Å². The van der Waals surface area contributed by atoms with E-state index in [1.165, 1.54) is 17.7 Å². The van der Waals surface area contributed by atoms with Crippen LogP contribution in [0.15, 0.2) is 28.9 Å². The first-order chi connectivity index (χ1) is 10.8. The van der Waals surface area contributed by atoms with Crippen LogP contribution in [-0.2, 0) is 19.3 Å². The maximum atomic E-state index is 5.41. The van der Waals surface area contributed by atoms with Crippen LogP contribution in [0, 0.1) is 5.92 Å². The maximum Gasteiger partial charge on any atom is 0.278 e. The molecule has 4 rings (SSSR count). The highest BCUT2D eigenvalue weighted by Crippen LogP contribution is 2.31. The second-order valence-corrected chi connectivity index (χ2v) is 5.89. The number of hydrogen-bond acceptors (Lipinski definition) is 5. The fourth-order valence-corrected chi connectivity index (χ4v) is 2.93. The summed E-state index contributed by atoms with van der Waals surface area (Å²) >= 11 is 0. The van der Waals surface area contributed by atoms with E-state index < -0.39 is 0 Å². The molecule has 6 heteroatoms.